The number of aromatic nitrogens is 1. The topological polar surface area (TPSA) is 24.9 Å². The van der Waals surface area contributed by atoms with Gasteiger partial charge in [0.25, 0.3) is 0 Å². The van der Waals surface area contributed by atoms with E-state index in [1.54, 1.807) is 11.3 Å². The van der Waals surface area contributed by atoms with Crippen molar-refractivity contribution in [3.63, 3.8) is 0 Å². The maximum Gasteiger partial charge on any atom is 0.187 e. The van der Waals surface area contributed by atoms with Gasteiger partial charge >= 0.3 is 0 Å². The fourth-order valence-corrected chi connectivity index (χ4v) is 2.48. The van der Waals surface area contributed by atoms with Crippen molar-refractivity contribution in [3.05, 3.63) is 40.4 Å². The maximum atomic E-state index is 5.93. The zero-order chi connectivity index (χ0) is 12.1. The molecule has 0 spiro atoms. The standard InChI is InChI=1S/C13H15ClN2S/c1-2-3-6-12-9-17-13(16-12)15-11-7-4-5-10(14)8-11/h4-5,7-9H,2-3,6H2,1H3,(H,15,16). The molecule has 1 aromatic heterocycles. The molecule has 0 radical (unpaired) electrons. The van der Waals surface area contributed by atoms with Crippen molar-refractivity contribution in [2.24, 2.45) is 0 Å². The predicted octanol–water partition coefficient (Wildman–Crippen LogP) is 4.88. The smallest absolute Gasteiger partial charge is 0.187 e. The second-order valence-corrected chi connectivity index (χ2v) is 5.18. The summed E-state index contributed by atoms with van der Waals surface area (Å²) in [5, 5.41) is 7.04. The molecule has 2 aromatic rings. The number of anilines is 2. The van der Waals surface area contributed by atoms with Crippen LogP contribution in [0.1, 0.15) is 25.5 Å². The van der Waals surface area contributed by atoms with E-state index in [-0.39, 0.29) is 0 Å². The Bertz CT molecular complexity index is 482. The Hall–Kier alpha value is -1.06. The van der Waals surface area contributed by atoms with Gasteiger partial charge in [-0.3, -0.25) is 0 Å². The van der Waals surface area contributed by atoms with Gasteiger partial charge in [0.2, 0.25) is 0 Å². The number of rotatable bonds is 5. The molecule has 1 N–H and O–H groups in total. The van der Waals surface area contributed by atoms with Crippen LogP contribution in [0, 0.1) is 0 Å². The van der Waals surface area contributed by atoms with Crippen molar-refractivity contribution >= 4 is 33.8 Å². The summed E-state index contributed by atoms with van der Waals surface area (Å²) in [6, 6.07) is 7.67. The SMILES string of the molecule is CCCCc1csc(Nc2cccc(Cl)c2)n1. The quantitative estimate of drug-likeness (QED) is 0.834. The number of aryl methyl sites for hydroxylation is 1. The summed E-state index contributed by atoms with van der Waals surface area (Å²) in [5.41, 5.74) is 2.15. The van der Waals surface area contributed by atoms with E-state index in [0.717, 1.165) is 22.3 Å². The first-order valence-corrected chi connectivity index (χ1v) is 7.00. The lowest BCUT2D eigenvalue weighted by molar-refractivity contribution is 0.782. The van der Waals surface area contributed by atoms with Crippen molar-refractivity contribution in [2.75, 3.05) is 5.32 Å². The van der Waals surface area contributed by atoms with Gasteiger partial charge in [-0.05, 0) is 31.0 Å². The Morgan fingerprint density at radius 1 is 1.41 bits per heavy atom. The van der Waals surface area contributed by atoms with Crippen LogP contribution in [-0.4, -0.2) is 4.98 Å². The minimum absolute atomic E-state index is 0.734. The Morgan fingerprint density at radius 2 is 2.29 bits per heavy atom. The Kier molecular flexibility index (Phi) is 4.40. The Labute approximate surface area is 111 Å². The molecule has 2 rings (SSSR count). The molecule has 0 saturated heterocycles. The summed E-state index contributed by atoms with van der Waals surface area (Å²) in [6.45, 7) is 2.19. The Balaban J connectivity index is 2.01. The lowest BCUT2D eigenvalue weighted by Gasteiger charge is -2.02. The fourth-order valence-electron chi connectivity index (χ4n) is 1.53. The third-order valence-corrected chi connectivity index (χ3v) is 3.46. The molecule has 0 fully saturated rings. The van der Waals surface area contributed by atoms with E-state index in [1.807, 2.05) is 24.3 Å². The number of nitrogens with one attached hydrogen (secondary N) is 1. The van der Waals surface area contributed by atoms with Crippen molar-refractivity contribution < 1.29 is 0 Å². The normalized spacial score (nSPS) is 10.5. The molecular formula is C13H15ClN2S. The Morgan fingerprint density at radius 3 is 3.06 bits per heavy atom. The molecule has 0 aliphatic rings. The first-order valence-electron chi connectivity index (χ1n) is 5.75. The highest BCUT2D eigenvalue weighted by molar-refractivity contribution is 7.13. The molecule has 1 heterocycles. The van der Waals surface area contributed by atoms with Crippen LogP contribution in [0.25, 0.3) is 0 Å². The van der Waals surface area contributed by atoms with E-state index >= 15 is 0 Å². The average Bonchev–Trinajstić information content (AvgIpc) is 2.74. The number of unbranched alkanes of at least 4 members (excludes halogenated alkanes) is 1. The zero-order valence-corrected chi connectivity index (χ0v) is 11.3. The predicted molar refractivity (Wildman–Crippen MR) is 75.5 cm³/mol. The molecule has 2 nitrogen and oxygen atoms in total. The van der Waals surface area contributed by atoms with E-state index in [4.69, 9.17) is 11.6 Å². The molecule has 0 saturated carbocycles. The number of thiazole rings is 1. The van der Waals surface area contributed by atoms with Crippen molar-refractivity contribution in [1.29, 1.82) is 0 Å². The minimum atomic E-state index is 0.734. The summed E-state index contributed by atoms with van der Waals surface area (Å²) in [5.74, 6) is 0. The number of hydrogen-bond donors (Lipinski definition) is 1. The number of halogens is 1. The van der Waals surface area contributed by atoms with Gasteiger partial charge in [-0.1, -0.05) is 31.0 Å². The monoisotopic (exact) mass is 266 g/mol. The molecule has 0 aliphatic heterocycles. The second-order valence-electron chi connectivity index (χ2n) is 3.88. The van der Waals surface area contributed by atoms with E-state index in [0.29, 0.717) is 0 Å². The maximum absolute atomic E-state index is 5.93. The van der Waals surface area contributed by atoms with Crippen LogP contribution >= 0.6 is 22.9 Å². The molecule has 17 heavy (non-hydrogen) atoms. The third-order valence-electron chi connectivity index (χ3n) is 2.41. The molecule has 0 amide bonds. The van der Waals surface area contributed by atoms with Crippen molar-refractivity contribution in [3.8, 4) is 0 Å². The average molecular weight is 267 g/mol. The lowest BCUT2D eigenvalue weighted by atomic mass is 10.2. The molecule has 0 aliphatic carbocycles. The highest BCUT2D eigenvalue weighted by Gasteiger charge is 2.02. The second kappa shape index (κ2) is 6.03. The molecule has 0 unspecified atom stereocenters. The fraction of sp³-hybridized carbons (Fsp3) is 0.308. The lowest BCUT2D eigenvalue weighted by Crippen LogP contribution is -1.90. The van der Waals surface area contributed by atoms with Gasteiger partial charge in [-0.25, -0.2) is 4.98 Å². The molecule has 1 aromatic carbocycles. The number of hydrogen-bond acceptors (Lipinski definition) is 3. The highest BCUT2D eigenvalue weighted by Crippen LogP contribution is 2.23. The molecule has 0 atom stereocenters. The highest BCUT2D eigenvalue weighted by atomic mass is 35.5. The van der Waals surface area contributed by atoms with Crippen LogP contribution < -0.4 is 5.32 Å². The minimum Gasteiger partial charge on any atom is -0.331 e. The van der Waals surface area contributed by atoms with Gasteiger partial charge in [0, 0.05) is 16.1 Å². The van der Waals surface area contributed by atoms with Crippen LogP contribution in [0.2, 0.25) is 5.02 Å². The zero-order valence-electron chi connectivity index (χ0n) is 9.74. The van der Waals surface area contributed by atoms with Crippen molar-refractivity contribution in [1.82, 2.24) is 4.98 Å². The molecule has 4 heteroatoms. The first-order chi connectivity index (χ1) is 8.28. The van der Waals surface area contributed by atoms with Crippen LogP contribution in [-0.2, 0) is 6.42 Å². The van der Waals surface area contributed by atoms with Gasteiger partial charge in [0.1, 0.15) is 0 Å². The van der Waals surface area contributed by atoms with Gasteiger partial charge in [0.15, 0.2) is 5.13 Å². The largest absolute Gasteiger partial charge is 0.331 e. The van der Waals surface area contributed by atoms with E-state index in [1.165, 1.54) is 18.5 Å². The molecule has 90 valence electrons. The van der Waals surface area contributed by atoms with Crippen LogP contribution in [0.15, 0.2) is 29.6 Å². The number of benzene rings is 1. The summed E-state index contributed by atoms with van der Waals surface area (Å²) in [7, 11) is 0. The van der Waals surface area contributed by atoms with E-state index in [2.05, 4.69) is 22.6 Å². The van der Waals surface area contributed by atoms with Crippen LogP contribution in [0.4, 0.5) is 10.8 Å². The third kappa shape index (κ3) is 3.72. The van der Waals surface area contributed by atoms with Crippen LogP contribution in [0.5, 0.6) is 0 Å². The van der Waals surface area contributed by atoms with E-state index in [9.17, 15) is 0 Å². The van der Waals surface area contributed by atoms with Crippen LogP contribution in [0.3, 0.4) is 0 Å². The van der Waals surface area contributed by atoms with Gasteiger partial charge in [0.05, 0.1) is 5.69 Å². The summed E-state index contributed by atoms with van der Waals surface area (Å²) >= 11 is 7.56. The number of nitrogens with zero attached hydrogens (tertiary/aromatic N) is 1. The first kappa shape index (κ1) is 12.4. The summed E-state index contributed by atoms with van der Waals surface area (Å²) in [4.78, 5) is 4.54. The summed E-state index contributed by atoms with van der Waals surface area (Å²) in [6.07, 6.45) is 3.46. The summed E-state index contributed by atoms with van der Waals surface area (Å²) < 4.78 is 0. The van der Waals surface area contributed by atoms with E-state index < -0.39 is 0 Å². The molecule has 0 bridgehead atoms. The van der Waals surface area contributed by atoms with Gasteiger partial charge in [-0.2, -0.15) is 0 Å². The van der Waals surface area contributed by atoms with Gasteiger partial charge in [-0.15, -0.1) is 11.3 Å². The van der Waals surface area contributed by atoms with Crippen molar-refractivity contribution in [2.45, 2.75) is 26.2 Å². The van der Waals surface area contributed by atoms with Gasteiger partial charge < -0.3 is 5.32 Å². The molecular weight excluding hydrogens is 252 g/mol.